The Kier molecular flexibility index (Phi) is 38.0. The Bertz CT molecular complexity index is 1610. The number of aliphatic hydroxyl groups excluding tert-OH is 1. The van der Waals surface area contributed by atoms with Gasteiger partial charge >= 0.3 is 0 Å². The van der Waals surface area contributed by atoms with E-state index in [2.05, 4.69) is 37.9 Å². The van der Waals surface area contributed by atoms with Crippen molar-refractivity contribution >= 4 is 23.4 Å². The van der Waals surface area contributed by atoms with Crippen molar-refractivity contribution < 1.29 is 66.9 Å². The summed E-state index contributed by atoms with van der Waals surface area (Å²) < 4.78 is 54.7. The summed E-state index contributed by atoms with van der Waals surface area (Å²) in [4.78, 5) is 42.9. The Morgan fingerprint density at radius 2 is 1.06 bits per heavy atom. The number of carbonyl (C=O) groups is 3. The summed E-state index contributed by atoms with van der Waals surface area (Å²) >= 11 is 0. The zero-order valence-electron chi connectivity index (χ0n) is 39.5. The van der Waals surface area contributed by atoms with Crippen molar-refractivity contribution in [1.29, 1.82) is 0 Å². The zero-order chi connectivity index (χ0) is 48.8. The Morgan fingerprint density at radius 3 is 1.51 bits per heavy atom. The lowest BCUT2D eigenvalue weighted by molar-refractivity contribution is -0.131. The van der Waals surface area contributed by atoms with E-state index in [-0.39, 0.29) is 44.5 Å². The monoisotopic (exact) mass is 962 g/mol. The molecule has 0 unspecified atom stereocenters. The van der Waals surface area contributed by atoms with Crippen molar-refractivity contribution in [3.05, 3.63) is 88.9 Å². The minimum Gasteiger partial charge on any atom is -0.392 e. The number of unbranched alkanes of at least 4 members (excludes halogenated alkanes) is 1. The van der Waals surface area contributed by atoms with Gasteiger partial charge in [0.2, 0.25) is 17.7 Å². The summed E-state index contributed by atoms with van der Waals surface area (Å²) in [5.41, 5.74) is 10.3. The molecule has 3 amide bonds. The van der Waals surface area contributed by atoms with Crippen LogP contribution in [0, 0.1) is 0 Å². The predicted octanol–water partition coefficient (Wildman–Crippen LogP) is 3.10. The second kappa shape index (κ2) is 43.5. The molecule has 2 aromatic rings. The van der Waals surface area contributed by atoms with Crippen molar-refractivity contribution in [2.75, 3.05) is 151 Å². The third kappa shape index (κ3) is 33.7. The minimum atomic E-state index is -0.935. The van der Waals surface area contributed by atoms with Crippen molar-refractivity contribution in [2.45, 2.75) is 50.8 Å². The Balaban J connectivity index is 1.49. The van der Waals surface area contributed by atoms with Gasteiger partial charge in [0.15, 0.2) is 0 Å². The van der Waals surface area contributed by atoms with Crippen LogP contribution < -0.4 is 21.3 Å². The van der Waals surface area contributed by atoms with Crippen molar-refractivity contribution in [1.82, 2.24) is 16.0 Å². The summed E-state index contributed by atoms with van der Waals surface area (Å²) in [5.74, 6) is -1.23. The highest BCUT2D eigenvalue weighted by Gasteiger charge is 2.27. The molecule has 0 spiro atoms. The van der Waals surface area contributed by atoms with Gasteiger partial charge in [0.05, 0.1) is 139 Å². The smallest absolute Gasteiger partial charge is 0.246 e. The lowest BCUT2D eigenvalue weighted by atomic mass is 10.0. The van der Waals surface area contributed by atoms with Crippen LogP contribution in [0.3, 0.4) is 0 Å². The number of ether oxygens (including phenoxy) is 10. The van der Waals surface area contributed by atoms with E-state index < -0.39 is 18.0 Å². The van der Waals surface area contributed by atoms with E-state index >= 15 is 0 Å². The fraction of sp³-hybridized carbons (Fsp3) is 0.638. The first-order chi connectivity index (χ1) is 33.5. The van der Waals surface area contributed by atoms with Crippen LogP contribution in [0.25, 0.3) is 10.4 Å². The molecule has 0 saturated heterocycles. The number of hydrogen-bond acceptors (Lipinski definition) is 16. The molecule has 2 atom stereocenters. The summed E-state index contributed by atoms with van der Waals surface area (Å²) in [6.07, 6.45) is 3.64. The molecule has 0 aliphatic carbocycles. The topological polar surface area (TPSA) is 261 Å². The molecule has 5 N–H and O–H groups in total. The van der Waals surface area contributed by atoms with Crippen LogP contribution in [0.4, 0.5) is 5.69 Å². The minimum absolute atomic E-state index is 0.0269. The van der Waals surface area contributed by atoms with Gasteiger partial charge in [0, 0.05) is 36.5 Å². The van der Waals surface area contributed by atoms with Crippen molar-refractivity contribution in [2.24, 2.45) is 5.11 Å². The highest BCUT2D eigenvalue weighted by atomic mass is 16.6. The lowest BCUT2D eigenvalue weighted by Gasteiger charge is -2.23. The normalized spacial score (nSPS) is 11.9. The van der Waals surface area contributed by atoms with E-state index in [1.54, 1.807) is 30.5 Å². The molecule has 0 aliphatic heterocycles. The number of amides is 3. The number of aliphatic hydroxyl groups is 1. The zero-order valence-corrected chi connectivity index (χ0v) is 39.5. The summed E-state index contributed by atoms with van der Waals surface area (Å²) in [5, 5.41) is 24.4. The third-order valence-electron chi connectivity index (χ3n) is 9.40. The number of benzene rings is 2. The highest BCUT2D eigenvalue weighted by Crippen LogP contribution is 2.12. The quantitative estimate of drug-likeness (QED) is 0.0276. The Morgan fingerprint density at radius 1 is 0.588 bits per heavy atom. The molecule has 21 nitrogen and oxygen atoms in total. The molecule has 2 rings (SSSR count). The Hall–Kier alpha value is -4.74. The first-order valence-corrected chi connectivity index (χ1v) is 23.2. The van der Waals surface area contributed by atoms with E-state index in [9.17, 15) is 19.5 Å². The molecular formula is C47H75N7O14. The number of nitrogens with one attached hydrogen (secondary N) is 4. The SMILES string of the molecule is C=CNCCCC[C@H](NC(=O)[C@H](Cc1ccccc1)NC(=O)CCOCCOCCOCCOCCOCCOCCOCCOCCOCCOCCN=[N+]=[N-])C(=O)Nc1ccc(CO)cc1. The van der Waals surface area contributed by atoms with Crippen LogP contribution in [0.2, 0.25) is 0 Å². The lowest BCUT2D eigenvalue weighted by Crippen LogP contribution is -2.53. The van der Waals surface area contributed by atoms with E-state index in [1.807, 2.05) is 30.3 Å². The molecule has 0 heterocycles. The van der Waals surface area contributed by atoms with Gasteiger partial charge in [-0.05, 0) is 54.3 Å². The van der Waals surface area contributed by atoms with E-state index in [0.29, 0.717) is 156 Å². The number of nitrogens with zero attached hydrogens (tertiary/aromatic N) is 3. The average Bonchev–Trinajstić information content (AvgIpc) is 3.35. The van der Waals surface area contributed by atoms with Crippen LogP contribution >= 0.6 is 0 Å². The molecule has 2 aromatic carbocycles. The number of hydrogen-bond donors (Lipinski definition) is 5. The molecule has 0 fully saturated rings. The van der Waals surface area contributed by atoms with Crippen LogP contribution in [-0.4, -0.2) is 180 Å². The predicted molar refractivity (Wildman–Crippen MR) is 254 cm³/mol. The van der Waals surface area contributed by atoms with Gasteiger partial charge in [0.1, 0.15) is 12.1 Å². The van der Waals surface area contributed by atoms with Gasteiger partial charge in [-0.3, -0.25) is 14.4 Å². The number of rotatable bonds is 47. The maximum Gasteiger partial charge on any atom is 0.246 e. The molecule has 68 heavy (non-hydrogen) atoms. The van der Waals surface area contributed by atoms with Gasteiger partial charge in [-0.25, -0.2) is 0 Å². The largest absolute Gasteiger partial charge is 0.392 e. The second-order valence-electron chi connectivity index (χ2n) is 14.7. The Labute approximate surface area is 400 Å². The molecule has 0 aliphatic rings. The van der Waals surface area contributed by atoms with Gasteiger partial charge in [-0.2, -0.15) is 0 Å². The number of azide groups is 1. The highest BCUT2D eigenvalue weighted by molar-refractivity contribution is 5.98. The molecule has 0 bridgehead atoms. The molecule has 0 aromatic heterocycles. The fourth-order valence-electron chi connectivity index (χ4n) is 5.86. The van der Waals surface area contributed by atoms with Crippen LogP contribution in [0.15, 0.2) is 72.5 Å². The van der Waals surface area contributed by atoms with Gasteiger partial charge in [-0.1, -0.05) is 54.2 Å². The standard InChI is InChI=1S/C47H75N7O14/c1-2-49-16-7-6-10-43(46(57)51-42-13-11-41(39-55)12-14-42)53-47(58)44(38-40-8-4-3-5-9-40)52-45(56)15-18-59-20-22-61-24-26-63-28-30-65-32-34-67-36-37-68-35-33-66-31-29-64-27-25-62-23-21-60-19-17-50-54-48/h2-5,8-9,11-14,43-44,49,55H,1,6-7,10,15-39H2,(H,51,57)(H,52,56)(H,53,58)/t43-,44-/m0/s1. The van der Waals surface area contributed by atoms with Crippen LogP contribution in [0.5, 0.6) is 0 Å². The van der Waals surface area contributed by atoms with E-state index in [0.717, 1.165) is 12.0 Å². The first-order valence-electron chi connectivity index (χ1n) is 23.2. The molecule has 0 radical (unpaired) electrons. The summed E-state index contributed by atoms with van der Waals surface area (Å²) in [6.45, 7) is 12.7. The number of carbonyl (C=O) groups excluding carboxylic acids is 3. The molecule has 382 valence electrons. The number of anilines is 1. The first kappa shape index (κ1) is 59.4. The van der Waals surface area contributed by atoms with E-state index in [4.69, 9.17) is 52.9 Å². The maximum atomic E-state index is 13.7. The molecule has 21 heteroatoms. The third-order valence-corrected chi connectivity index (χ3v) is 9.40. The summed E-state index contributed by atoms with van der Waals surface area (Å²) in [6, 6.07) is 14.3. The second-order valence-corrected chi connectivity index (χ2v) is 14.7. The van der Waals surface area contributed by atoms with E-state index in [1.165, 1.54) is 0 Å². The van der Waals surface area contributed by atoms with Crippen LogP contribution in [0.1, 0.15) is 36.8 Å². The summed E-state index contributed by atoms with van der Waals surface area (Å²) in [7, 11) is 0. The van der Waals surface area contributed by atoms with Gasteiger partial charge < -0.3 is 73.7 Å². The molecule has 0 saturated carbocycles. The van der Waals surface area contributed by atoms with Gasteiger partial charge in [-0.15, -0.1) is 0 Å². The van der Waals surface area contributed by atoms with Crippen LogP contribution in [-0.2, 0) is 74.8 Å². The van der Waals surface area contributed by atoms with Gasteiger partial charge in [0.25, 0.3) is 0 Å². The molecular weight excluding hydrogens is 887 g/mol. The van der Waals surface area contributed by atoms with Crippen molar-refractivity contribution in [3.63, 3.8) is 0 Å². The van der Waals surface area contributed by atoms with Crippen molar-refractivity contribution in [3.8, 4) is 0 Å². The average molecular weight is 962 g/mol. The fourth-order valence-corrected chi connectivity index (χ4v) is 5.86. The maximum absolute atomic E-state index is 13.7.